The molecular weight excluding hydrogens is 481 g/mol. The first-order chi connectivity index (χ1) is 15.4. The fraction of sp³-hybridized carbons (Fsp3) is 0.143. The van der Waals surface area contributed by atoms with E-state index in [0.717, 1.165) is 24.3 Å². The van der Waals surface area contributed by atoms with Gasteiger partial charge in [-0.1, -0.05) is 17.7 Å². The Morgan fingerprint density at radius 2 is 1.76 bits per heavy atom. The Balaban J connectivity index is 1.84. The van der Waals surface area contributed by atoms with Crippen LogP contribution in [-0.4, -0.2) is 33.4 Å². The molecule has 33 heavy (non-hydrogen) atoms. The van der Waals surface area contributed by atoms with Gasteiger partial charge in [-0.05, 0) is 48.5 Å². The number of carbonyl (C=O) groups excluding carboxylic acids is 1. The molecule has 2 aromatic carbocycles. The van der Waals surface area contributed by atoms with E-state index in [-0.39, 0.29) is 21.2 Å². The van der Waals surface area contributed by atoms with E-state index >= 15 is 0 Å². The summed E-state index contributed by atoms with van der Waals surface area (Å²) in [5.41, 5.74) is -1.07. The molecule has 0 saturated carbocycles. The maximum absolute atomic E-state index is 12.9. The Morgan fingerprint density at radius 3 is 2.36 bits per heavy atom. The number of anilines is 3. The first kappa shape index (κ1) is 24.3. The first-order valence-corrected chi connectivity index (χ1v) is 11.2. The highest BCUT2D eigenvalue weighted by Crippen LogP contribution is 2.31. The summed E-state index contributed by atoms with van der Waals surface area (Å²) < 4.78 is 66.3. The second-order valence-corrected chi connectivity index (χ2v) is 9.17. The number of halogens is 4. The number of alkyl halides is 3. The third-order valence-electron chi connectivity index (χ3n) is 4.40. The number of carbonyl (C=O) groups is 1. The van der Waals surface area contributed by atoms with Crippen molar-refractivity contribution in [3.05, 3.63) is 76.9 Å². The van der Waals surface area contributed by atoms with Crippen LogP contribution in [0.2, 0.25) is 5.02 Å². The van der Waals surface area contributed by atoms with Crippen LogP contribution in [-0.2, 0) is 16.2 Å². The number of hydrogen-bond donors (Lipinski definition) is 2. The summed E-state index contributed by atoms with van der Waals surface area (Å²) in [6, 6.07) is 10.4. The lowest BCUT2D eigenvalue weighted by Gasteiger charge is -2.13. The Kier molecular flexibility index (Phi) is 6.84. The van der Waals surface area contributed by atoms with Crippen molar-refractivity contribution in [3.63, 3.8) is 0 Å². The van der Waals surface area contributed by atoms with E-state index in [2.05, 4.69) is 15.0 Å². The molecule has 174 valence electrons. The minimum atomic E-state index is -4.63. The number of benzene rings is 2. The van der Waals surface area contributed by atoms with Crippen LogP contribution in [0.15, 0.2) is 65.7 Å². The van der Waals surface area contributed by atoms with Gasteiger partial charge in [0.1, 0.15) is 5.82 Å². The van der Waals surface area contributed by atoms with Crippen LogP contribution >= 0.6 is 11.6 Å². The number of hydrogen-bond acceptors (Lipinski definition) is 5. The molecular formula is C21H18ClF3N4O3S. The summed E-state index contributed by atoms with van der Waals surface area (Å²) in [7, 11) is -0.700. The zero-order valence-electron chi connectivity index (χ0n) is 17.3. The lowest BCUT2D eigenvalue weighted by Crippen LogP contribution is -2.17. The lowest BCUT2D eigenvalue weighted by molar-refractivity contribution is -0.137. The predicted octanol–water partition coefficient (Wildman–Crippen LogP) is 4.87. The molecule has 0 unspecified atom stereocenters. The standard InChI is InChI=1S/C21H18ClF3N4O3S/c1-29(2)19-9-6-15(12-26-19)27-20(30)17-11-16(7-8-18(17)22)33(31,32)28-14-5-3-4-13(10-14)21(23,24)25/h3-12,28H,1-2H3,(H,27,30). The topological polar surface area (TPSA) is 91.4 Å². The molecule has 0 spiro atoms. The monoisotopic (exact) mass is 498 g/mol. The highest BCUT2D eigenvalue weighted by molar-refractivity contribution is 7.92. The maximum atomic E-state index is 12.9. The van der Waals surface area contributed by atoms with Crippen molar-refractivity contribution in [1.82, 2.24) is 4.98 Å². The number of sulfonamides is 1. The van der Waals surface area contributed by atoms with Crippen LogP contribution < -0.4 is 14.9 Å². The molecule has 1 amide bonds. The van der Waals surface area contributed by atoms with Gasteiger partial charge in [0.05, 0.1) is 32.9 Å². The molecule has 1 heterocycles. The van der Waals surface area contributed by atoms with Gasteiger partial charge in [0.25, 0.3) is 15.9 Å². The third-order valence-corrected chi connectivity index (χ3v) is 6.11. The first-order valence-electron chi connectivity index (χ1n) is 9.31. The smallest absolute Gasteiger partial charge is 0.363 e. The average Bonchev–Trinajstić information content (AvgIpc) is 2.73. The van der Waals surface area contributed by atoms with E-state index in [1.54, 1.807) is 31.1 Å². The largest absolute Gasteiger partial charge is 0.416 e. The van der Waals surface area contributed by atoms with Gasteiger partial charge >= 0.3 is 6.18 Å². The van der Waals surface area contributed by atoms with Crippen LogP contribution in [0.25, 0.3) is 0 Å². The van der Waals surface area contributed by atoms with Gasteiger partial charge in [0.15, 0.2) is 0 Å². The molecule has 7 nitrogen and oxygen atoms in total. The summed E-state index contributed by atoms with van der Waals surface area (Å²) in [5, 5.41) is 2.56. The van der Waals surface area contributed by atoms with Crippen LogP contribution in [0.4, 0.5) is 30.4 Å². The summed E-state index contributed by atoms with van der Waals surface area (Å²) in [4.78, 5) is 18.3. The molecule has 3 aromatic rings. The Hall–Kier alpha value is -3.31. The van der Waals surface area contributed by atoms with E-state index in [1.807, 2.05) is 0 Å². The van der Waals surface area contributed by atoms with Crippen molar-refractivity contribution >= 4 is 44.7 Å². The van der Waals surface area contributed by atoms with E-state index in [9.17, 15) is 26.4 Å². The number of pyridine rings is 1. The molecule has 0 aliphatic carbocycles. The fourth-order valence-corrected chi connectivity index (χ4v) is 4.02. The normalized spacial score (nSPS) is 11.7. The Bertz CT molecular complexity index is 1280. The number of aromatic nitrogens is 1. The number of rotatable bonds is 6. The van der Waals surface area contributed by atoms with Gasteiger partial charge in [-0.15, -0.1) is 0 Å². The fourth-order valence-electron chi connectivity index (χ4n) is 2.74. The summed E-state index contributed by atoms with van der Waals surface area (Å²) in [6.07, 6.45) is -3.20. The zero-order valence-corrected chi connectivity index (χ0v) is 18.9. The Labute approximate surface area is 193 Å². The highest BCUT2D eigenvalue weighted by Gasteiger charge is 2.31. The molecule has 0 fully saturated rings. The van der Waals surface area contributed by atoms with Crippen molar-refractivity contribution in [2.75, 3.05) is 29.0 Å². The molecule has 2 N–H and O–H groups in total. The third kappa shape index (κ3) is 5.93. The number of amides is 1. The molecule has 0 atom stereocenters. The lowest BCUT2D eigenvalue weighted by atomic mass is 10.2. The van der Waals surface area contributed by atoms with Gasteiger partial charge in [0.2, 0.25) is 0 Å². The Morgan fingerprint density at radius 1 is 1.03 bits per heavy atom. The van der Waals surface area contributed by atoms with E-state index in [0.29, 0.717) is 17.6 Å². The average molecular weight is 499 g/mol. The summed E-state index contributed by atoms with van der Waals surface area (Å²) in [5.74, 6) is -0.0182. The zero-order chi connectivity index (χ0) is 24.4. The van der Waals surface area contributed by atoms with Crippen LogP contribution in [0.1, 0.15) is 15.9 Å². The molecule has 0 bridgehead atoms. The minimum Gasteiger partial charge on any atom is -0.363 e. The van der Waals surface area contributed by atoms with Gasteiger partial charge in [-0.2, -0.15) is 13.2 Å². The van der Waals surface area contributed by atoms with Crippen LogP contribution in [0.3, 0.4) is 0 Å². The number of nitrogens with one attached hydrogen (secondary N) is 2. The molecule has 3 rings (SSSR count). The van der Waals surface area contributed by atoms with Crippen LogP contribution in [0, 0.1) is 0 Å². The highest BCUT2D eigenvalue weighted by atomic mass is 35.5. The van der Waals surface area contributed by atoms with Gasteiger partial charge in [-0.25, -0.2) is 13.4 Å². The van der Waals surface area contributed by atoms with E-state index in [1.165, 1.54) is 18.3 Å². The quantitative estimate of drug-likeness (QED) is 0.506. The van der Waals surface area contributed by atoms with Gasteiger partial charge in [-0.3, -0.25) is 9.52 Å². The van der Waals surface area contributed by atoms with E-state index in [4.69, 9.17) is 11.6 Å². The molecule has 0 saturated heterocycles. The van der Waals surface area contributed by atoms with Crippen molar-refractivity contribution in [3.8, 4) is 0 Å². The van der Waals surface area contributed by atoms with Gasteiger partial charge in [0, 0.05) is 19.8 Å². The van der Waals surface area contributed by atoms with Crippen molar-refractivity contribution in [2.45, 2.75) is 11.1 Å². The van der Waals surface area contributed by atoms with Crippen molar-refractivity contribution in [1.29, 1.82) is 0 Å². The van der Waals surface area contributed by atoms with Gasteiger partial charge < -0.3 is 10.2 Å². The summed E-state index contributed by atoms with van der Waals surface area (Å²) in [6.45, 7) is 0. The van der Waals surface area contributed by atoms with E-state index < -0.39 is 27.7 Å². The van der Waals surface area contributed by atoms with Crippen molar-refractivity contribution < 1.29 is 26.4 Å². The summed E-state index contributed by atoms with van der Waals surface area (Å²) >= 11 is 6.08. The second kappa shape index (κ2) is 9.28. The molecule has 0 radical (unpaired) electrons. The molecule has 0 aliphatic heterocycles. The molecule has 0 aliphatic rings. The predicted molar refractivity (Wildman–Crippen MR) is 120 cm³/mol. The maximum Gasteiger partial charge on any atom is 0.416 e. The van der Waals surface area contributed by atoms with Crippen LogP contribution in [0.5, 0.6) is 0 Å². The molecule has 12 heteroatoms. The minimum absolute atomic E-state index is 0.0108. The number of nitrogens with zero attached hydrogens (tertiary/aromatic N) is 2. The SMILES string of the molecule is CN(C)c1ccc(NC(=O)c2cc(S(=O)(=O)Nc3cccc(C(F)(F)F)c3)ccc2Cl)cn1. The molecule has 1 aromatic heterocycles. The van der Waals surface area contributed by atoms with Crippen molar-refractivity contribution in [2.24, 2.45) is 0 Å². The second-order valence-electron chi connectivity index (χ2n) is 7.08.